The first-order chi connectivity index (χ1) is 8.40. The highest BCUT2D eigenvalue weighted by atomic mass is 19.1. The van der Waals surface area contributed by atoms with Crippen LogP contribution in [0.5, 0.6) is 0 Å². The second-order valence-corrected chi connectivity index (χ2v) is 5.03. The van der Waals surface area contributed by atoms with Crippen LogP contribution in [0.4, 0.5) is 8.78 Å². The SMILES string of the molecule is CN(Cc1ccc(F)cc1F)CC(C)(CO)CO. The van der Waals surface area contributed by atoms with Gasteiger partial charge in [0, 0.05) is 30.1 Å². The van der Waals surface area contributed by atoms with Crippen LogP contribution in [0.3, 0.4) is 0 Å². The molecule has 0 aliphatic rings. The van der Waals surface area contributed by atoms with Gasteiger partial charge < -0.3 is 15.1 Å². The van der Waals surface area contributed by atoms with E-state index < -0.39 is 17.0 Å². The van der Waals surface area contributed by atoms with Crippen molar-refractivity contribution in [3.05, 3.63) is 35.4 Å². The molecule has 0 aromatic heterocycles. The Morgan fingerprint density at radius 2 is 1.83 bits per heavy atom. The largest absolute Gasteiger partial charge is 0.396 e. The van der Waals surface area contributed by atoms with Crippen LogP contribution in [0.1, 0.15) is 12.5 Å². The van der Waals surface area contributed by atoms with E-state index in [1.54, 1.807) is 18.9 Å². The fourth-order valence-corrected chi connectivity index (χ4v) is 1.80. The van der Waals surface area contributed by atoms with E-state index in [0.717, 1.165) is 6.07 Å². The molecular weight excluding hydrogens is 240 g/mol. The van der Waals surface area contributed by atoms with E-state index in [9.17, 15) is 19.0 Å². The van der Waals surface area contributed by atoms with Gasteiger partial charge in [0.1, 0.15) is 11.6 Å². The summed E-state index contributed by atoms with van der Waals surface area (Å²) < 4.78 is 26.2. The Balaban J connectivity index is 2.67. The second kappa shape index (κ2) is 6.22. The molecule has 0 amide bonds. The summed E-state index contributed by atoms with van der Waals surface area (Å²) in [7, 11) is 1.76. The van der Waals surface area contributed by atoms with Crippen molar-refractivity contribution >= 4 is 0 Å². The number of halogens is 2. The molecule has 2 N–H and O–H groups in total. The summed E-state index contributed by atoms with van der Waals surface area (Å²) >= 11 is 0. The van der Waals surface area contributed by atoms with Gasteiger partial charge in [-0.2, -0.15) is 0 Å². The van der Waals surface area contributed by atoms with Gasteiger partial charge in [-0.25, -0.2) is 8.78 Å². The van der Waals surface area contributed by atoms with Crippen molar-refractivity contribution in [2.75, 3.05) is 26.8 Å². The molecule has 0 heterocycles. The smallest absolute Gasteiger partial charge is 0.130 e. The molecule has 1 rings (SSSR count). The van der Waals surface area contributed by atoms with Crippen LogP contribution >= 0.6 is 0 Å². The standard InChI is InChI=1S/C13H19F2NO2/c1-13(8-17,9-18)7-16(2)6-10-3-4-11(14)5-12(10)15/h3-5,17-18H,6-9H2,1-2H3. The highest BCUT2D eigenvalue weighted by molar-refractivity contribution is 5.18. The highest BCUT2D eigenvalue weighted by Crippen LogP contribution is 2.18. The maximum atomic E-state index is 13.4. The van der Waals surface area contributed by atoms with E-state index in [0.29, 0.717) is 18.7 Å². The Morgan fingerprint density at radius 1 is 1.22 bits per heavy atom. The quantitative estimate of drug-likeness (QED) is 0.811. The van der Waals surface area contributed by atoms with Gasteiger partial charge >= 0.3 is 0 Å². The first-order valence-electron chi connectivity index (χ1n) is 5.74. The van der Waals surface area contributed by atoms with Crippen LogP contribution in [0.2, 0.25) is 0 Å². The number of aliphatic hydroxyl groups is 2. The molecule has 0 saturated heterocycles. The number of hydrogen-bond donors (Lipinski definition) is 2. The molecule has 0 bridgehead atoms. The molecule has 0 unspecified atom stereocenters. The van der Waals surface area contributed by atoms with Gasteiger partial charge in [0.15, 0.2) is 0 Å². The van der Waals surface area contributed by atoms with E-state index in [1.165, 1.54) is 12.1 Å². The van der Waals surface area contributed by atoms with Gasteiger partial charge in [-0.05, 0) is 13.1 Å². The molecule has 18 heavy (non-hydrogen) atoms. The number of hydrogen-bond acceptors (Lipinski definition) is 3. The fourth-order valence-electron chi connectivity index (χ4n) is 1.80. The molecule has 0 radical (unpaired) electrons. The normalized spacial score (nSPS) is 12.2. The average molecular weight is 259 g/mol. The highest BCUT2D eigenvalue weighted by Gasteiger charge is 2.24. The van der Waals surface area contributed by atoms with E-state index in [2.05, 4.69) is 0 Å². The van der Waals surface area contributed by atoms with Crippen molar-refractivity contribution in [1.82, 2.24) is 4.90 Å². The van der Waals surface area contributed by atoms with Crippen LogP contribution < -0.4 is 0 Å². The van der Waals surface area contributed by atoms with Crippen LogP contribution in [0, 0.1) is 17.0 Å². The summed E-state index contributed by atoms with van der Waals surface area (Å²) in [5, 5.41) is 18.4. The molecule has 1 aromatic carbocycles. The molecule has 5 heteroatoms. The van der Waals surface area contributed by atoms with Crippen molar-refractivity contribution < 1.29 is 19.0 Å². The van der Waals surface area contributed by atoms with Crippen LogP contribution in [-0.2, 0) is 6.54 Å². The summed E-state index contributed by atoms with van der Waals surface area (Å²) in [6.07, 6.45) is 0. The number of nitrogens with zero attached hydrogens (tertiary/aromatic N) is 1. The van der Waals surface area contributed by atoms with E-state index in [1.807, 2.05) is 0 Å². The lowest BCUT2D eigenvalue weighted by atomic mass is 9.92. The van der Waals surface area contributed by atoms with E-state index in [4.69, 9.17) is 0 Å². The molecule has 0 fully saturated rings. The zero-order valence-electron chi connectivity index (χ0n) is 10.7. The minimum Gasteiger partial charge on any atom is -0.396 e. The van der Waals surface area contributed by atoms with Gasteiger partial charge in [0.25, 0.3) is 0 Å². The van der Waals surface area contributed by atoms with E-state index >= 15 is 0 Å². The van der Waals surface area contributed by atoms with Crippen molar-refractivity contribution in [2.45, 2.75) is 13.5 Å². The Labute approximate surface area is 106 Å². The predicted molar refractivity (Wildman–Crippen MR) is 65.0 cm³/mol. The molecule has 1 aromatic rings. The summed E-state index contributed by atoms with van der Waals surface area (Å²) in [6, 6.07) is 3.46. The fraction of sp³-hybridized carbons (Fsp3) is 0.538. The lowest BCUT2D eigenvalue weighted by Crippen LogP contribution is -2.38. The van der Waals surface area contributed by atoms with Gasteiger partial charge in [0.2, 0.25) is 0 Å². The second-order valence-electron chi connectivity index (χ2n) is 5.03. The minimum absolute atomic E-state index is 0.153. The summed E-state index contributed by atoms with van der Waals surface area (Å²) in [5.74, 6) is -1.19. The van der Waals surface area contributed by atoms with Gasteiger partial charge in [-0.15, -0.1) is 0 Å². The maximum absolute atomic E-state index is 13.4. The first kappa shape index (κ1) is 15.0. The van der Waals surface area contributed by atoms with Crippen LogP contribution in [0.25, 0.3) is 0 Å². The topological polar surface area (TPSA) is 43.7 Å². The molecule has 102 valence electrons. The minimum atomic E-state index is -0.634. The number of aliphatic hydroxyl groups excluding tert-OH is 2. The molecule has 3 nitrogen and oxygen atoms in total. The molecule has 0 aliphatic heterocycles. The Morgan fingerprint density at radius 3 is 2.33 bits per heavy atom. The third kappa shape index (κ3) is 4.01. The molecule has 0 spiro atoms. The van der Waals surface area contributed by atoms with Crippen molar-refractivity contribution in [2.24, 2.45) is 5.41 Å². The Kier molecular flexibility index (Phi) is 5.19. The number of benzene rings is 1. The summed E-state index contributed by atoms with van der Waals surface area (Å²) in [5.41, 5.74) is -0.247. The zero-order valence-corrected chi connectivity index (χ0v) is 10.7. The monoisotopic (exact) mass is 259 g/mol. The van der Waals surface area contributed by atoms with Gasteiger partial charge in [0.05, 0.1) is 13.2 Å². The maximum Gasteiger partial charge on any atom is 0.130 e. The predicted octanol–water partition coefficient (Wildman–Crippen LogP) is 1.39. The average Bonchev–Trinajstić information content (AvgIpc) is 2.32. The third-order valence-corrected chi connectivity index (χ3v) is 2.87. The lowest BCUT2D eigenvalue weighted by molar-refractivity contribution is 0.0399. The lowest BCUT2D eigenvalue weighted by Gasteiger charge is -2.30. The van der Waals surface area contributed by atoms with Crippen molar-refractivity contribution in [1.29, 1.82) is 0 Å². The third-order valence-electron chi connectivity index (χ3n) is 2.87. The summed E-state index contributed by atoms with van der Waals surface area (Å²) in [4.78, 5) is 1.78. The Hall–Kier alpha value is -1.04. The van der Waals surface area contributed by atoms with Crippen LogP contribution in [-0.4, -0.2) is 41.9 Å². The van der Waals surface area contributed by atoms with Gasteiger partial charge in [-0.3, -0.25) is 0 Å². The molecule has 0 atom stereocenters. The van der Waals surface area contributed by atoms with Crippen LogP contribution in [0.15, 0.2) is 18.2 Å². The molecule has 0 saturated carbocycles. The molecular formula is C13H19F2NO2. The van der Waals surface area contributed by atoms with Crippen molar-refractivity contribution in [3.63, 3.8) is 0 Å². The summed E-state index contributed by atoms with van der Waals surface area (Å²) in [6.45, 7) is 2.14. The molecule has 0 aliphatic carbocycles. The first-order valence-corrected chi connectivity index (χ1v) is 5.74. The van der Waals surface area contributed by atoms with Gasteiger partial charge in [-0.1, -0.05) is 13.0 Å². The van der Waals surface area contributed by atoms with Crippen molar-refractivity contribution in [3.8, 4) is 0 Å². The zero-order chi connectivity index (χ0) is 13.8. The Bertz CT molecular complexity index is 395. The van der Waals surface area contributed by atoms with E-state index in [-0.39, 0.29) is 13.2 Å². The number of rotatable bonds is 6.